The van der Waals surface area contributed by atoms with E-state index in [0.29, 0.717) is 0 Å². The van der Waals surface area contributed by atoms with Crippen molar-refractivity contribution >= 4 is 5.69 Å². The van der Waals surface area contributed by atoms with Gasteiger partial charge in [-0.2, -0.15) is 0 Å². The number of para-hydroxylation sites is 1. The first-order chi connectivity index (χ1) is 9.31. The lowest BCUT2D eigenvalue weighted by Crippen LogP contribution is -2.43. The van der Waals surface area contributed by atoms with Crippen molar-refractivity contribution in [1.82, 2.24) is 0 Å². The van der Waals surface area contributed by atoms with Crippen LogP contribution in [0.4, 0.5) is 5.69 Å². The second-order valence-electron chi connectivity index (χ2n) is 6.17. The van der Waals surface area contributed by atoms with Crippen molar-refractivity contribution in [2.45, 2.75) is 57.5 Å². The lowest BCUT2D eigenvalue weighted by atomic mass is 9.90. The Kier molecular flexibility index (Phi) is 3.79. The Morgan fingerprint density at radius 2 is 2.00 bits per heavy atom. The predicted octanol–water partition coefficient (Wildman–Crippen LogP) is 3.87. The summed E-state index contributed by atoms with van der Waals surface area (Å²) < 4.78 is 0. The third kappa shape index (κ3) is 2.38. The second-order valence-corrected chi connectivity index (χ2v) is 6.17. The highest BCUT2D eigenvalue weighted by Crippen LogP contribution is 2.40. The Morgan fingerprint density at radius 1 is 1.21 bits per heavy atom. The van der Waals surface area contributed by atoms with Crippen LogP contribution in [0.3, 0.4) is 0 Å². The van der Waals surface area contributed by atoms with Crippen molar-refractivity contribution in [2.75, 3.05) is 11.4 Å². The number of fused-ring (bicyclic) bond motifs is 1. The molecular weight excluding hydrogens is 232 g/mol. The molecule has 1 saturated carbocycles. The van der Waals surface area contributed by atoms with Crippen LogP contribution in [0.2, 0.25) is 0 Å². The molecule has 2 aliphatic rings. The van der Waals surface area contributed by atoms with Crippen molar-refractivity contribution in [3.63, 3.8) is 0 Å². The zero-order valence-corrected chi connectivity index (χ0v) is 12.0. The highest BCUT2D eigenvalue weighted by Gasteiger charge is 2.35. The third-order valence-corrected chi connectivity index (χ3v) is 5.08. The van der Waals surface area contributed by atoms with Crippen LogP contribution in [0.1, 0.15) is 57.1 Å². The normalized spacial score (nSPS) is 28.2. The van der Waals surface area contributed by atoms with Crippen molar-refractivity contribution in [2.24, 2.45) is 11.7 Å². The average molecular weight is 258 g/mol. The molecule has 19 heavy (non-hydrogen) atoms. The summed E-state index contributed by atoms with van der Waals surface area (Å²) in [6, 6.07) is 9.76. The van der Waals surface area contributed by atoms with Crippen molar-refractivity contribution in [3.8, 4) is 0 Å². The van der Waals surface area contributed by atoms with Crippen LogP contribution < -0.4 is 10.6 Å². The first kappa shape index (κ1) is 13.0. The highest BCUT2D eigenvalue weighted by atomic mass is 15.2. The lowest BCUT2D eigenvalue weighted by Gasteiger charge is -2.41. The zero-order valence-electron chi connectivity index (χ0n) is 12.0. The number of piperidine rings is 1. The van der Waals surface area contributed by atoms with E-state index in [1.807, 2.05) is 0 Å². The van der Waals surface area contributed by atoms with Crippen molar-refractivity contribution in [3.05, 3.63) is 29.8 Å². The SMILES string of the molecule is CCC(N)c1ccccc1N1CCCC2CCCC21. The van der Waals surface area contributed by atoms with Crippen LogP contribution in [0, 0.1) is 5.92 Å². The number of nitrogens with zero attached hydrogens (tertiary/aromatic N) is 1. The van der Waals surface area contributed by atoms with E-state index >= 15 is 0 Å². The van der Waals surface area contributed by atoms with Crippen LogP contribution in [0.15, 0.2) is 24.3 Å². The maximum absolute atomic E-state index is 6.31. The molecule has 0 aromatic heterocycles. The number of anilines is 1. The van der Waals surface area contributed by atoms with E-state index in [1.54, 1.807) is 0 Å². The van der Waals surface area contributed by atoms with E-state index in [0.717, 1.165) is 18.4 Å². The summed E-state index contributed by atoms with van der Waals surface area (Å²) in [4.78, 5) is 2.67. The van der Waals surface area contributed by atoms with Gasteiger partial charge in [0.1, 0.15) is 0 Å². The Morgan fingerprint density at radius 3 is 2.84 bits per heavy atom. The predicted molar refractivity (Wildman–Crippen MR) is 81.4 cm³/mol. The van der Waals surface area contributed by atoms with Gasteiger partial charge >= 0.3 is 0 Å². The largest absolute Gasteiger partial charge is 0.368 e. The Hall–Kier alpha value is -1.02. The van der Waals surface area contributed by atoms with Crippen molar-refractivity contribution < 1.29 is 0 Å². The second kappa shape index (κ2) is 5.54. The molecule has 1 aliphatic heterocycles. The summed E-state index contributed by atoms with van der Waals surface area (Å²) >= 11 is 0. The average Bonchev–Trinajstić information content (AvgIpc) is 2.94. The molecule has 1 aliphatic carbocycles. The van der Waals surface area contributed by atoms with Crippen LogP contribution in [0.25, 0.3) is 0 Å². The Bertz CT molecular complexity index is 429. The van der Waals surface area contributed by atoms with E-state index in [9.17, 15) is 0 Å². The minimum atomic E-state index is 0.179. The molecule has 0 bridgehead atoms. The van der Waals surface area contributed by atoms with Crippen LogP contribution in [-0.4, -0.2) is 12.6 Å². The fourth-order valence-corrected chi connectivity index (χ4v) is 4.04. The van der Waals surface area contributed by atoms with E-state index in [2.05, 4.69) is 36.1 Å². The number of benzene rings is 1. The van der Waals surface area contributed by atoms with Gasteiger partial charge in [-0.05, 0) is 49.7 Å². The molecule has 104 valence electrons. The monoisotopic (exact) mass is 258 g/mol. The molecule has 3 rings (SSSR count). The molecule has 3 atom stereocenters. The maximum atomic E-state index is 6.31. The quantitative estimate of drug-likeness (QED) is 0.892. The summed E-state index contributed by atoms with van der Waals surface area (Å²) in [5, 5.41) is 0. The summed E-state index contributed by atoms with van der Waals surface area (Å²) in [5.41, 5.74) is 9.07. The first-order valence-corrected chi connectivity index (χ1v) is 7.92. The first-order valence-electron chi connectivity index (χ1n) is 7.92. The molecule has 1 aromatic rings. The topological polar surface area (TPSA) is 29.3 Å². The van der Waals surface area contributed by atoms with Gasteiger partial charge in [0.05, 0.1) is 0 Å². The number of rotatable bonds is 3. The minimum absolute atomic E-state index is 0.179. The summed E-state index contributed by atoms with van der Waals surface area (Å²) in [6.07, 6.45) is 8.01. The highest BCUT2D eigenvalue weighted by molar-refractivity contribution is 5.56. The van der Waals surface area contributed by atoms with Gasteiger partial charge in [0, 0.05) is 24.3 Å². The maximum Gasteiger partial charge on any atom is 0.0417 e. The van der Waals surface area contributed by atoms with Gasteiger partial charge in [-0.1, -0.05) is 31.5 Å². The van der Waals surface area contributed by atoms with E-state index in [1.165, 1.54) is 49.9 Å². The number of hydrogen-bond donors (Lipinski definition) is 1. The molecule has 0 radical (unpaired) electrons. The Balaban J connectivity index is 1.92. The van der Waals surface area contributed by atoms with Gasteiger partial charge < -0.3 is 10.6 Å². The summed E-state index contributed by atoms with van der Waals surface area (Å²) in [7, 11) is 0. The number of hydrogen-bond acceptors (Lipinski definition) is 2. The van der Waals surface area contributed by atoms with Gasteiger partial charge in [-0.15, -0.1) is 0 Å². The van der Waals surface area contributed by atoms with Crippen LogP contribution in [-0.2, 0) is 0 Å². The minimum Gasteiger partial charge on any atom is -0.368 e. The van der Waals surface area contributed by atoms with Gasteiger partial charge in [0.15, 0.2) is 0 Å². The number of nitrogens with two attached hydrogens (primary N) is 1. The molecule has 2 fully saturated rings. The molecule has 1 heterocycles. The Labute approximate surface area is 117 Å². The summed E-state index contributed by atoms with van der Waals surface area (Å²) in [6.45, 7) is 3.39. The van der Waals surface area contributed by atoms with Crippen LogP contribution in [0.5, 0.6) is 0 Å². The molecule has 0 amide bonds. The molecular formula is C17H26N2. The molecule has 2 heteroatoms. The van der Waals surface area contributed by atoms with Crippen LogP contribution >= 0.6 is 0 Å². The third-order valence-electron chi connectivity index (χ3n) is 5.08. The lowest BCUT2D eigenvalue weighted by molar-refractivity contribution is 0.361. The summed E-state index contributed by atoms with van der Waals surface area (Å²) in [5.74, 6) is 0.930. The van der Waals surface area contributed by atoms with Crippen molar-refractivity contribution in [1.29, 1.82) is 0 Å². The van der Waals surface area contributed by atoms with Gasteiger partial charge in [-0.25, -0.2) is 0 Å². The van der Waals surface area contributed by atoms with E-state index < -0.39 is 0 Å². The van der Waals surface area contributed by atoms with E-state index in [4.69, 9.17) is 5.73 Å². The smallest absolute Gasteiger partial charge is 0.0417 e. The molecule has 2 nitrogen and oxygen atoms in total. The van der Waals surface area contributed by atoms with Gasteiger partial charge in [0.25, 0.3) is 0 Å². The fraction of sp³-hybridized carbons (Fsp3) is 0.647. The van der Waals surface area contributed by atoms with Gasteiger partial charge in [0.2, 0.25) is 0 Å². The fourth-order valence-electron chi connectivity index (χ4n) is 4.04. The van der Waals surface area contributed by atoms with E-state index in [-0.39, 0.29) is 6.04 Å². The van der Waals surface area contributed by atoms with Gasteiger partial charge in [-0.3, -0.25) is 0 Å². The molecule has 0 spiro atoms. The standard InChI is InChI=1S/C17H26N2/c1-2-15(18)14-9-3-4-10-17(14)19-12-6-8-13-7-5-11-16(13)19/h3-4,9-10,13,15-16H,2,5-8,11-12,18H2,1H3. The molecule has 1 saturated heterocycles. The molecule has 2 N–H and O–H groups in total. The molecule has 3 unspecified atom stereocenters. The molecule has 1 aromatic carbocycles. The zero-order chi connectivity index (χ0) is 13.2.